The van der Waals surface area contributed by atoms with Crippen LogP contribution in [0.2, 0.25) is 0 Å². The number of benzene rings is 10. The van der Waals surface area contributed by atoms with Gasteiger partial charge in [0.15, 0.2) is 0 Å². The van der Waals surface area contributed by atoms with Crippen LogP contribution in [0.5, 0.6) is 23.0 Å². The van der Waals surface area contributed by atoms with Crippen molar-refractivity contribution in [1.82, 2.24) is 0 Å². The van der Waals surface area contributed by atoms with Crippen LogP contribution in [0, 0.1) is 0 Å². The first-order chi connectivity index (χ1) is 29.8. The normalized spacial score (nSPS) is 12.2. The van der Waals surface area contributed by atoms with E-state index in [-0.39, 0.29) is 6.71 Å². The van der Waals surface area contributed by atoms with Gasteiger partial charge in [0.05, 0.1) is 0 Å². The lowest BCUT2D eigenvalue weighted by atomic mass is 9.35. The average Bonchev–Trinajstić information content (AvgIpc) is 3.31. The number of hydrogen-bond donors (Lipinski definition) is 0. The molecule has 0 fully saturated rings. The molecule has 12 rings (SSSR count). The van der Waals surface area contributed by atoms with Gasteiger partial charge in [-0.25, -0.2) is 0 Å². The van der Waals surface area contributed by atoms with Gasteiger partial charge in [0, 0.05) is 28.6 Å². The maximum atomic E-state index is 7.04. The Labute approximate surface area is 349 Å². The Morgan fingerprint density at radius 1 is 0.300 bits per heavy atom. The van der Waals surface area contributed by atoms with E-state index < -0.39 is 0 Å². The minimum Gasteiger partial charge on any atom is -0.458 e. The molecule has 0 N–H and O–H groups in total. The third kappa shape index (κ3) is 5.53. The summed E-state index contributed by atoms with van der Waals surface area (Å²) < 4.78 is 13.8. The Balaban J connectivity index is 1.02. The Hall–Kier alpha value is -7.82. The summed E-state index contributed by atoms with van der Waals surface area (Å²) in [5.74, 6) is 3.35. The highest BCUT2D eigenvalue weighted by Crippen LogP contribution is 2.46. The maximum Gasteiger partial charge on any atom is 0.260 e. The topological polar surface area (TPSA) is 21.7 Å². The van der Waals surface area contributed by atoms with E-state index in [1.54, 1.807) is 0 Å². The molecule has 0 atom stereocenters. The first kappa shape index (κ1) is 34.2. The number of para-hydroxylation sites is 3. The van der Waals surface area contributed by atoms with E-state index in [4.69, 9.17) is 9.47 Å². The predicted octanol–water partition coefficient (Wildman–Crippen LogP) is 13.2. The molecule has 0 radical (unpaired) electrons. The molecule has 2 heterocycles. The Morgan fingerprint density at radius 2 is 0.783 bits per heavy atom. The molecule has 3 nitrogen and oxygen atoms in total. The van der Waals surface area contributed by atoms with Gasteiger partial charge in [-0.1, -0.05) is 158 Å². The summed E-state index contributed by atoms with van der Waals surface area (Å²) in [6.45, 7) is -0.0408. The highest BCUT2D eigenvalue weighted by molar-refractivity contribution is 6.98. The van der Waals surface area contributed by atoms with Crippen molar-refractivity contribution in [3.63, 3.8) is 0 Å². The van der Waals surface area contributed by atoms with E-state index in [9.17, 15) is 0 Å². The molecule has 0 bridgehead atoms. The second-order valence-electron chi connectivity index (χ2n) is 15.6. The van der Waals surface area contributed by atoms with Crippen LogP contribution < -0.4 is 30.8 Å². The van der Waals surface area contributed by atoms with Crippen molar-refractivity contribution in [2.45, 2.75) is 0 Å². The van der Waals surface area contributed by atoms with Crippen LogP contribution >= 0.6 is 0 Å². The summed E-state index contributed by atoms with van der Waals surface area (Å²) in [6.07, 6.45) is 0. The summed E-state index contributed by atoms with van der Waals surface area (Å²) in [4.78, 5) is 2.28. The minimum atomic E-state index is -0.0408. The number of rotatable bonds is 6. The van der Waals surface area contributed by atoms with Gasteiger partial charge in [0.1, 0.15) is 23.0 Å². The molecule has 0 aliphatic carbocycles. The lowest BCUT2D eigenvalue weighted by Crippen LogP contribution is -2.57. The molecule has 0 unspecified atom stereocenters. The molecule has 0 saturated carbocycles. The fraction of sp³-hybridized carbons (Fsp3) is 0. The third-order valence-electron chi connectivity index (χ3n) is 12.1. The molecular formula is C56H36BNO2. The van der Waals surface area contributed by atoms with Gasteiger partial charge in [0.2, 0.25) is 0 Å². The minimum absolute atomic E-state index is 0.0408. The van der Waals surface area contributed by atoms with E-state index >= 15 is 0 Å². The van der Waals surface area contributed by atoms with Crippen LogP contribution in [0.4, 0.5) is 17.1 Å². The van der Waals surface area contributed by atoms with Gasteiger partial charge >= 0.3 is 0 Å². The molecular weight excluding hydrogens is 729 g/mol. The van der Waals surface area contributed by atoms with Gasteiger partial charge in [0.25, 0.3) is 6.71 Å². The van der Waals surface area contributed by atoms with Crippen LogP contribution in [-0.4, -0.2) is 6.71 Å². The van der Waals surface area contributed by atoms with E-state index in [2.05, 4.69) is 223 Å². The van der Waals surface area contributed by atoms with Crippen molar-refractivity contribution in [2.75, 3.05) is 4.90 Å². The van der Waals surface area contributed by atoms with Crippen molar-refractivity contribution in [3.8, 4) is 56.4 Å². The molecule has 0 amide bonds. The van der Waals surface area contributed by atoms with Crippen LogP contribution in [0.15, 0.2) is 218 Å². The van der Waals surface area contributed by atoms with Crippen molar-refractivity contribution in [3.05, 3.63) is 218 Å². The average molecular weight is 766 g/mol. The molecule has 0 spiro atoms. The van der Waals surface area contributed by atoms with Gasteiger partial charge in [-0.15, -0.1) is 0 Å². The SMILES string of the molecule is c1ccc(-c2c3ccccc3c(-c3cccc(-c4cc5c6c(c4)Oc4cc(N(c7ccccc7)c7ccccc7)ccc4B6c4ccccc4O5)c3)c3ccccc23)cc1. The summed E-state index contributed by atoms with van der Waals surface area (Å²) in [5, 5.41) is 4.94. The van der Waals surface area contributed by atoms with Crippen LogP contribution in [-0.2, 0) is 0 Å². The standard InChI is InChI=1S/C56H36BNO2/c1-4-17-37(18-5-1)54-44-25-10-12-27-46(44)55(47-28-13-11-26-45(47)54)39-20-16-19-38(33-39)40-34-52-56-53(35-40)60-51-36-43(31-32-49(51)57(56)48-29-14-15-30-50(48)59-52)58(41-21-6-2-7-22-41)42-23-8-3-9-24-42/h1-36H. The number of ether oxygens (including phenoxy) is 2. The van der Waals surface area contributed by atoms with Crippen molar-refractivity contribution >= 4 is 61.7 Å². The van der Waals surface area contributed by atoms with Crippen molar-refractivity contribution in [1.29, 1.82) is 0 Å². The Kier molecular flexibility index (Phi) is 7.95. The molecule has 60 heavy (non-hydrogen) atoms. The van der Waals surface area contributed by atoms with E-state index in [0.717, 1.165) is 73.1 Å². The van der Waals surface area contributed by atoms with Crippen LogP contribution in [0.3, 0.4) is 0 Å². The molecule has 2 aliphatic rings. The molecule has 280 valence electrons. The zero-order chi connectivity index (χ0) is 39.6. The quantitative estimate of drug-likeness (QED) is 0.124. The molecule has 0 aromatic heterocycles. The molecule has 10 aromatic carbocycles. The van der Waals surface area contributed by atoms with Crippen molar-refractivity contribution in [2.24, 2.45) is 0 Å². The monoisotopic (exact) mass is 765 g/mol. The van der Waals surface area contributed by atoms with Gasteiger partial charge in [-0.05, 0) is 120 Å². The zero-order valence-corrected chi connectivity index (χ0v) is 32.6. The fourth-order valence-corrected chi connectivity index (χ4v) is 9.55. The molecule has 10 aromatic rings. The third-order valence-corrected chi connectivity index (χ3v) is 12.1. The number of fused-ring (bicyclic) bond motifs is 6. The van der Waals surface area contributed by atoms with Gasteiger partial charge < -0.3 is 14.4 Å². The first-order valence-electron chi connectivity index (χ1n) is 20.5. The number of nitrogens with zero attached hydrogens (tertiary/aromatic N) is 1. The first-order valence-corrected chi connectivity index (χ1v) is 20.5. The second kappa shape index (κ2) is 13.9. The largest absolute Gasteiger partial charge is 0.458 e. The highest BCUT2D eigenvalue weighted by atomic mass is 16.5. The van der Waals surface area contributed by atoms with Crippen LogP contribution in [0.1, 0.15) is 0 Å². The zero-order valence-electron chi connectivity index (χ0n) is 32.6. The summed E-state index contributed by atoms with van der Waals surface area (Å²) in [7, 11) is 0. The Morgan fingerprint density at radius 3 is 1.42 bits per heavy atom. The summed E-state index contributed by atoms with van der Waals surface area (Å²) in [6, 6.07) is 77.8. The van der Waals surface area contributed by atoms with E-state index in [1.165, 1.54) is 38.2 Å². The van der Waals surface area contributed by atoms with Gasteiger partial charge in [-0.2, -0.15) is 0 Å². The lowest BCUT2D eigenvalue weighted by Gasteiger charge is -2.34. The van der Waals surface area contributed by atoms with E-state index in [1.807, 2.05) is 0 Å². The smallest absolute Gasteiger partial charge is 0.260 e. The molecule has 0 saturated heterocycles. The van der Waals surface area contributed by atoms with Gasteiger partial charge in [-0.3, -0.25) is 0 Å². The maximum absolute atomic E-state index is 7.04. The van der Waals surface area contributed by atoms with E-state index in [0.29, 0.717) is 0 Å². The fourth-order valence-electron chi connectivity index (χ4n) is 9.55. The number of anilines is 3. The number of hydrogen-bond acceptors (Lipinski definition) is 3. The van der Waals surface area contributed by atoms with Crippen LogP contribution in [0.25, 0.3) is 54.9 Å². The summed E-state index contributed by atoms with van der Waals surface area (Å²) >= 11 is 0. The predicted molar refractivity (Wildman–Crippen MR) is 250 cm³/mol. The summed E-state index contributed by atoms with van der Waals surface area (Å²) in [5.41, 5.74) is 13.5. The highest BCUT2D eigenvalue weighted by Gasteiger charge is 2.40. The Bertz CT molecular complexity index is 3180. The lowest BCUT2D eigenvalue weighted by molar-refractivity contribution is 0.465. The molecule has 2 aliphatic heterocycles. The second-order valence-corrected chi connectivity index (χ2v) is 15.6. The molecule has 4 heteroatoms. The van der Waals surface area contributed by atoms with Crippen molar-refractivity contribution < 1.29 is 9.47 Å².